The van der Waals surface area contributed by atoms with Gasteiger partial charge < -0.3 is 0 Å². The topological polar surface area (TPSA) is 0 Å². The van der Waals surface area contributed by atoms with E-state index in [-0.39, 0.29) is 0 Å². The van der Waals surface area contributed by atoms with Crippen LogP contribution in [0.1, 0.15) is 23.5 Å². The quantitative estimate of drug-likeness (QED) is 0.576. The van der Waals surface area contributed by atoms with Crippen LogP contribution in [-0.2, 0) is 0 Å². The van der Waals surface area contributed by atoms with E-state index in [1.54, 1.807) is 0 Å². The second kappa shape index (κ2) is 4.89. The smallest absolute Gasteiger partial charge is 0.00807 e. The van der Waals surface area contributed by atoms with Gasteiger partial charge in [-0.15, -0.1) is 0 Å². The molecule has 3 aromatic rings. The van der Waals surface area contributed by atoms with Crippen LogP contribution in [0.3, 0.4) is 0 Å². The van der Waals surface area contributed by atoms with E-state index in [0.29, 0.717) is 11.8 Å². The monoisotopic (exact) mass is 270 g/mol. The van der Waals surface area contributed by atoms with Crippen LogP contribution in [0.25, 0.3) is 16.3 Å². The second-order valence-electron chi connectivity index (χ2n) is 5.91. The molecule has 1 saturated carbocycles. The van der Waals surface area contributed by atoms with E-state index in [2.05, 4.69) is 79.4 Å². The average Bonchev–Trinajstić information content (AvgIpc) is 3.35. The van der Waals surface area contributed by atoms with Gasteiger partial charge in [-0.1, -0.05) is 79.4 Å². The van der Waals surface area contributed by atoms with Gasteiger partial charge in [0.2, 0.25) is 0 Å². The zero-order valence-corrected chi connectivity index (χ0v) is 12.0. The summed E-state index contributed by atoms with van der Waals surface area (Å²) in [6.07, 6.45) is 1.22. The third kappa shape index (κ3) is 2.17. The van der Waals surface area contributed by atoms with Crippen molar-refractivity contribution in [2.24, 2.45) is 5.92 Å². The van der Waals surface area contributed by atoms with Gasteiger partial charge >= 0.3 is 0 Å². The lowest BCUT2D eigenvalue weighted by Crippen LogP contribution is -1.89. The summed E-state index contributed by atoms with van der Waals surface area (Å²) >= 11 is 0. The molecule has 0 spiro atoms. The van der Waals surface area contributed by atoms with Crippen LogP contribution in [-0.4, -0.2) is 0 Å². The summed E-state index contributed by atoms with van der Waals surface area (Å²) in [4.78, 5) is 0. The van der Waals surface area contributed by atoms with Crippen LogP contribution in [0.2, 0.25) is 0 Å². The maximum Gasteiger partial charge on any atom is -0.00807 e. The van der Waals surface area contributed by atoms with E-state index < -0.39 is 0 Å². The van der Waals surface area contributed by atoms with Gasteiger partial charge in [-0.05, 0) is 45.7 Å². The minimum Gasteiger partial charge on any atom is -0.0949 e. The Balaban J connectivity index is 1.66. The number of allylic oxidation sites excluding steroid dienone is 1. The molecule has 2 atom stereocenters. The van der Waals surface area contributed by atoms with E-state index in [4.69, 9.17) is 0 Å². The Labute approximate surface area is 125 Å². The van der Waals surface area contributed by atoms with Gasteiger partial charge in [0.1, 0.15) is 0 Å². The fourth-order valence-electron chi connectivity index (χ4n) is 3.36. The minimum atomic E-state index is 0.596. The Morgan fingerprint density at radius 1 is 0.810 bits per heavy atom. The maximum atomic E-state index is 4.34. The summed E-state index contributed by atoms with van der Waals surface area (Å²) in [6.45, 7) is 4.34. The first-order valence-corrected chi connectivity index (χ1v) is 7.56. The average molecular weight is 270 g/mol. The molecule has 4 rings (SSSR count). The molecule has 0 N–H and O–H groups in total. The van der Waals surface area contributed by atoms with Gasteiger partial charge in [0.05, 0.1) is 0 Å². The summed E-state index contributed by atoms with van der Waals surface area (Å²) in [5.74, 6) is 1.22. The first kappa shape index (κ1) is 12.4. The van der Waals surface area contributed by atoms with E-state index in [1.165, 1.54) is 33.9 Å². The molecule has 0 aliphatic heterocycles. The normalized spacial score (nSPS) is 20.4. The van der Waals surface area contributed by atoms with Gasteiger partial charge in [-0.3, -0.25) is 0 Å². The third-order valence-corrected chi connectivity index (χ3v) is 4.61. The molecule has 0 radical (unpaired) electrons. The van der Waals surface area contributed by atoms with E-state index in [1.807, 2.05) is 0 Å². The molecule has 0 unspecified atom stereocenters. The van der Waals surface area contributed by atoms with E-state index in [0.717, 1.165) is 0 Å². The number of hydrogen-bond acceptors (Lipinski definition) is 0. The fourth-order valence-corrected chi connectivity index (χ4v) is 3.36. The fraction of sp³-hybridized carbons (Fsp3) is 0.143. The largest absolute Gasteiger partial charge is 0.0949 e. The Bertz CT molecular complexity index is 793. The molecule has 3 aromatic carbocycles. The van der Waals surface area contributed by atoms with Crippen molar-refractivity contribution in [2.45, 2.75) is 12.3 Å². The Hall–Kier alpha value is -2.34. The van der Waals surface area contributed by atoms with Crippen molar-refractivity contribution in [1.82, 2.24) is 0 Å². The van der Waals surface area contributed by atoms with E-state index >= 15 is 0 Å². The van der Waals surface area contributed by atoms with Crippen molar-refractivity contribution in [3.05, 3.63) is 90.5 Å². The number of fused-ring (bicyclic) bond motifs is 1. The first-order valence-electron chi connectivity index (χ1n) is 7.56. The Morgan fingerprint density at radius 3 is 2.38 bits per heavy atom. The molecule has 1 fully saturated rings. The van der Waals surface area contributed by atoms with Gasteiger partial charge in [0, 0.05) is 0 Å². The molecule has 0 heteroatoms. The molecule has 1 aliphatic carbocycles. The number of hydrogen-bond donors (Lipinski definition) is 0. The summed E-state index contributed by atoms with van der Waals surface area (Å²) in [5.41, 5.74) is 4.05. The minimum absolute atomic E-state index is 0.596. The predicted molar refractivity (Wildman–Crippen MR) is 90.3 cm³/mol. The summed E-state index contributed by atoms with van der Waals surface area (Å²) in [5, 5.41) is 2.74. The molecule has 21 heavy (non-hydrogen) atoms. The summed E-state index contributed by atoms with van der Waals surface area (Å²) in [6, 6.07) is 25.9. The zero-order valence-electron chi connectivity index (χ0n) is 12.0. The van der Waals surface area contributed by atoms with Crippen molar-refractivity contribution in [1.29, 1.82) is 0 Å². The predicted octanol–water partition coefficient (Wildman–Crippen LogP) is 5.66. The molecule has 1 aliphatic rings. The van der Waals surface area contributed by atoms with Gasteiger partial charge in [-0.2, -0.15) is 0 Å². The molecule has 0 bridgehead atoms. The van der Waals surface area contributed by atoms with Crippen molar-refractivity contribution in [3.63, 3.8) is 0 Å². The van der Waals surface area contributed by atoms with Crippen LogP contribution < -0.4 is 0 Å². The molecule has 0 aromatic heterocycles. The number of rotatable bonds is 3. The SMILES string of the molecule is C=C(c1ccccc1)[C@H]1C[C@@H]1c1cccc2ccccc12. The van der Waals surface area contributed by atoms with Crippen molar-refractivity contribution >= 4 is 16.3 Å². The molecule has 0 amide bonds. The number of benzene rings is 3. The highest BCUT2D eigenvalue weighted by atomic mass is 14.4. The van der Waals surface area contributed by atoms with Gasteiger partial charge in [-0.25, -0.2) is 0 Å². The highest BCUT2D eigenvalue weighted by Crippen LogP contribution is 2.55. The molecule has 102 valence electrons. The highest BCUT2D eigenvalue weighted by Gasteiger charge is 2.41. The zero-order chi connectivity index (χ0) is 14.2. The summed E-state index contributed by atoms with van der Waals surface area (Å²) in [7, 11) is 0. The highest BCUT2D eigenvalue weighted by molar-refractivity contribution is 5.87. The molecular weight excluding hydrogens is 252 g/mol. The lowest BCUT2D eigenvalue weighted by atomic mass is 9.96. The van der Waals surface area contributed by atoms with Crippen molar-refractivity contribution in [2.75, 3.05) is 0 Å². The van der Waals surface area contributed by atoms with Gasteiger partial charge in [0.25, 0.3) is 0 Å². The first-order chi connectivity index (χ1) is 10.3. The standard InChI is InChI=1S/C21H18/c1-15(16-8-3-2-4-9-16)20-14-21(20)19-13-7-11-17-10-5-6-12-18(17)19/h2-13,20-21H,1,14H2/t20-,21-/m1/s1. The molecule has 0 heterocycles. The molecular formula is C21H18. The van der Waals surface area contributed by atoms with Crippen LogP contribution in [0.4, 0.5) is 0 Å². The van der Waals surface area contributed by atoms with Gasteiger partial charge in [0.15, 0.2) is 0 Å². The summed E-state index contributed by atoms with van der Waals surface area (Å²) < 4.78 is 0. The second-order valence-corrected chi connectivity index (χ2v) is 5.91. The molecule has 0 nitrogen and oxygen atoms in total. The van der Waals surface area contributed by atoms with Crippen LogP contribution >= 0.6 is 0 Å². The Kier molecular flexibility index (Phi) is 2.89. The van der Waals surface area contributed by atoms with Crippen molar-refractivity contribution < 1.29 is 0 Å². The third-order valence-electron chi connectivity index (χ3n) is 4.61. The lowest BCUT2D eigenvalue weighted by Gasteiger charge is -2.08. The van der Waals surface area contributed by atoms with Crippen LogP contribution in [0, 0.1) is 5.92 Å². The van der Waals surface area contributed by atoms with Crippen LogP contribution in [0.5, 0.6) is 0 Å². The lowest BCUT2D eigenvalue weighted by molar-refractivity contribution is 1.04. The van der Waals surface area contributed by atoms with Crippen molar-refractivity contribution in [3.8, 4) is 0 Å². The maximum absolute atomic E-state index is 4.34. The molecule has 0 saturated heterocycles. The van der Waals surface area contributed by atoms with E-state index in [9.17, 15) is 0 Å². The Morgan fingerprint density at radius 2 is 1.52 bits per heavy atom. The van der Waals surface area contributed by atoms with Crippen LogP contribution in [0.15, 0.2) is 79.4 Å².